The summed E-state index contributed by atoms with van der Waals surface area (Å²) in [5.74, 6) is -0.468. The van der Waals surface area contributed by atoms with Crippen LogP contribution in [0.5, 0.6) is 0 Å². The molecule has 0 atom stereocenters. The first-order chi connectivity index (χ1) is 9.90. The number of anilines is 2. The molecule has 3 nitrogen and oxygen atoms in total. The van der Waals surface area contributed by atoms with Crippen LogP contribution in [0, 0.1) is 13.8 Å². The molecule has 2 aromatic rings. The first-order valence-corrected chi connectivity index (χ1v) is 7.10. The predicted molar refractivity (Wildman–Crippen MR) is 86.7 cm³/mol. The lowest BCUT2D eigenvalue weighted by atomic mass is 9.98. The van der Waals surface area contributed by atoms with Crippen molar-refractivity contribution in [1.82, 2.24) is 0 Å². The second-order valence-corrected chi connectivity index (χ2v) is 5.65. The Hall–Kier alpha value is -2.29. The largest absolute Gasteiger partial charge is 0.478 e. The van der Waals surface area contributed by atoms with Crippen LogP contribution in [0.3, 0.4) is 0 Å². The fourth-order valence-corrected chi connectivity index (χ4v) is 2.47. The van der Waals surface area contributed by atoms with Gasteiger partial charge in [0.1, 0.15) is 0 Å². The average Bonchev–Trinajstić information content (AvgIpc) is 2.40. The van der Waals surface area contributed by atoms with Crippen LogP contribution in [0.15, 0.2) is 36.4 Å². The lowest BCUT2D eigenvalue weighted by molar-refractivity contribution is 0.0696. The molecule has 0 spiro atoms. The molecule has 0 aliphatic heterocycles. The molecule has 0 amide bonds. The lowest BCUT2D eigenvalue weighted by Crippen LogP contribution is -2.03. The number of hydrogen-bond acceptors (Lipinski definition) is 2. The quantitative estimate of drug-likeness (QED) is 0.841. The Bertz CT molecular complexity index is 675. The third-order valence-corrected chi connectivity index (χ3v) is 3.65. The normalized spacial score (nSPS) is 10.7. The van der Waals surface area contributed by atoms with Gasteiger partial charge in [-0.15, -0.1) is 0 Å². The van der Waals surface area contributed by atoms with Crippen molar-refractivity contribution in [2.45, 2.75) is 33.6 Å². The van der Waals surface area contributed by atoms with Crippen molar-refractivity contribution in [3.05, 3.63) is 58.7 Å². The number of nitrogens with one attached hydrogen (secondary N) is 1. The van der Waals surface area contributed by atoms with E-state index in [0.717, 1.165) is 16.9 Å². The molecule has 0 aliphatic carbocycles. The predicted octanol–water partition coefficient (Wildman–Crippen LogP) is 4.87. The molecule has 0 aromatic heterocycles. The second-order valence-electron chi connectivity index (χ2n) is 5.65. The summed E-state index contributed by atoms with van der Waals surface area (Å²) in [6, 6.07) is 11.6. The fraction of sp³-hybridized carbons (Fsp3) is 0.278. The van der Waals surface area contributed by atoms with Gasteiger partial charge in [-0.3, -0.25) is 0 Å². The van der Waals surface area contributed by atoms with Crippen LogP contribution in [0.2, 0.25) is 0 Å². The Balaban J connectivity index is 2.39. The average molecular weight is 283 g/mol. The molecule has 110 valence electrons. The minimum atomic E-state index is -0.891. The van der Waals surface area contributed by atoms with Crippen LogP contribution >= 0.6 is 0 Å². The first-order valence-electron chi connectivity index (χ1n) is 7.10. The van der Waals surface area contributed by atoms with E-state index in [1.807, 2.05) is 19.1 Å². The van der Waals surface area contributed by atoms with Crippen LogP contribution < -0.4 is 5.32 Å². The number of carboxylic acids is 1. The summed E-state index contributed by atoms with van der Waals surface area (Å²) in [4.78, 5) is 11.1. The van der Waals surface area contributed by atoms with Crippen molar-refractivity contribution in [2.24, 2.45) is 0 Å². The highest BCUT2D eigenvalue weighted by atomic mass is 16.4. The van der Waals surface area contributed by atoms with Gasteiger partial charge in [-0.2, -0.15) is 0 Å². The van der Waals surface area contributed by atoms with Crippen LogP contribution in [0.4, 0.5) is 11.4 Å². The third-order valence-electron chi connectivity index (χ3n) is 3.65. The minimum absolute atomic E-state index is 0.342. The summed E-state index contributed by atoms with van der Waals surface area (Å²) in [5.41, 5.74) is 5.56. The molecule has 0 saturated carbocycles. The van der Waals surface area contributed by atoms with Crippen molar-refractivity contribution in [2.75, 3.05) is 5.32 Å². The van der Waals surface area contributed by atoms with E-state index in [1.54, 1.807) is 6.07 Å². The van der Waals surface area contributed by atoms with Gasteiger partial charge in [0.05, 0.1) is 5.56 Å². The molecule has 3 heteroatoms. The highest BCUT2D eigenvalue weighted by molar-refractivity contribution is 5.90. The van der Waals surface area contributed by atoms with E-state index in [9.17, 15) is 4.79 Å². The smallest absolute Gasteiger partial charge is 0.335 e. The van der Waals surface area contributed by atoms with Gasteiger partial charge < -0.3 is 10.4 Å². The van der Waals surface area contributed by atoms with Crippen LogP contribution in [0.1, 0.15) is 46.8 Å². The molecule has 0 heterocycles. The van der Waals surface area contributed by atoms with E-state index in [0.29, 0.717) is 11.5 Å². The zero-order valence-corrected chi connectivity index (χ0v) is 12.9. The first kappa shape index (κ1) is 15.1. The Morgan fingerprint density at radius 3 is 2.38 bits per heavy atom. The van der Waals surface area contributed by atoms with E-state index in [-0.39, 0.29) is 0 Å². The molecule has 2 aromatic carbocycles. The summed E-state index contributed by atoms with van der Waals surface area (Å²) in [6.45, 7) is 8.22. The molecule has 2 rings (SSSR count). The summed E-state index contributed by atoms with van der Waals surface area (Å²) in [7, 11) is 0. The van der Waals surface area contributed by atoms with Gasteiger partial charge in [-0.1, -0.05) is 32.0 Å². The number of hydrogen-bond donors (Lipinski definition) is 2. The maximum Gasteiger partial charge on any atom is 0.335 e. The Labute approximate surface area is 125 Å². The molecule has 2 N–H and O–H groups in total. The van der Waals surface area contributed by atoms with Gasteiger partial charge in [0.15, 0.2) is 0 Å². The SMILES string of the molecule is Cc1cc(Nc2c(C)cccc2C(C)C)ccc1C(=O)O. The second kappa shape index (κ2) is 6.00. The summed E-state index contributed by atoms with van der Waals surface area (Å²) in [5, 5.41) is 12.5. The van der Waals surface area contributed by atoms with Gasteiger partial charge in [0, 0.05) is 11.4 Å². The zero-order chi connectivity index (χ0) is 15.6. The summed E-state index contributed by atoms with van der Waals surface area (Å²) < 4.78 is 0. The maximum atomic E-state index is 11.1. The van der Waals surface area contributed by atoms with Gasteiger partial charge in [0.25, 0.3) is 0 Å². The molecular formula is C18H21NO2. The number of carbonyl (C=O) groups is 1. The highest BCUT2D eigenvalue weighted by Crippen LogP contribution is 2.30. The Morgan fingerprint density at radius 2 is 1.81 bits per heavy atom. The Kier molecular flexibility index (Phi) is 4.32. The van der Waals surface area contributed by atoms with Gasteiger partial charge in [0.2, 0.25) is 0 Å². The fourth-order valence-electron chi connectivity index (χ4n) is 2.47. The highest BCUT2D eigenvalue weighted by Gasteiger charge is 2.11. The van der Waals surface area contributed by atoms with Gasteiger partial charge >= 0.3 is 5.97 Å². The molecule has 21 heavy (non-hydrogen) atoms. The summed E-state index contributed by atoms with van der Waals surface area (Å²) in [6.07, 6.45) is 0. The van der Waals surface area contributed by atoms with Crippen molar-refractivity contribution in [3.63, 3.8) is 0 Å². The zero-order valence-electron chi connectivity index (χ0n) is 12.9. The molecule has 0 radical (unpaired) electrons. The summed E-state index contributed by atoms with van der Waals surface area (Å²) >= 11 is 0. The molecule has 0 fully saturated rings. The number of rotatable bonds is 4. The number of aryl methyl sites for hydroxylation is 2. The number of aromatic carboxylic acids is 1. The number of benzene rings is 2. The topological polar surface area (TPSA) is 49.3 Å². The van der Waals surface area contributed by atoms with E-state index in [4.69, 9.17) is 5.11 Å². The number of carboxylic acid groups (broad SMARTS) is 1. The third kappa shape index (κ3) is 3.24. The maximum absolute atomic E-state index is 11.1. The van der Waals surface area contributed by atoms with E-state index in [1.165, 1.54) is 11.1 Å². The van der Waals surface area contributed by atoms with Crippen molar-refractivity contribution in [1.29, 1.82) is 0 Å². The molecule has 0 bridgehead atoms. The molecular weight excluding hydrogens is 262 g/mol. The van der Waals surface area contributed by atoms with E-state index < -0.39 is 5.97 Å². The Morgan fingerprint density at radius 1 is 1.10 bits per heavy atom. The van der Waals surface area contributed by atoms with E-state index >= 15 is 0 Å². The molecule has 0 saturated heterocycles. The van der Waals surface area contributed by atoms with Crippen LogP contribution in [-0.4, -0.2) is 11.1 Å². The molecule has 0 unspecified atom stereocenters. The molecule has 0 aliphatic rings. The van der Waals surface area contributed by atoms with Gasteiger partial charge in [-0.25, -0.2) is 4.79 Å². The minimum Gasteiger partial charge on any atom is -0.478 e. The monoisotopic (exact) mass is 283 g/mol. The number of para-hydroxylation sites is 1. The lowest BCUT2D eigenvalue weighted by Gasteiger charge is -2.18. The van der Waals surface area contributed by atoms with Crippen molar-refractivity contribution in [3.8, 4) is 0 Å². The van der Waals surface area contributed by atoms with Crippen LogP contribution in [-0.2, 0) is 0 Å². The van der Waals surface area contributed by atoms with Crippen molar-refractivity contribution < 1.29 is 9.90 Å². The van der Waals surface area contributed by atoms with Crippen molar-refractivity contribution >= 4 is 17.3 Å². The standard InChI is InChI=1S/C18H21NO2/c1-11(2)15-7-5-6-12(3)17(15)19-14-8-9-16(18(20)21)13(4)10-14/h5-11,19H,1-4H3,(H,20,21). The van der Waals surface area contributed by atoms with Crippen LogP contribution in [0.25, 0.3) is 0 Å². The van der Waals surface area contributed by atoms with Gasteiger partial charge in [-0.05, 0) is 54.7 Å². The van der Waals surface area contributed by atoms with E-state index in [2.05, 4.69) is 44.3 Å².